The first kappa shape index (κ1) is 20.8. The predicted octanol–water partition coefficient (Wildman–Crippen LogP) is 4.12. The van der Waals surface area contributed by atoms with Crippen molar-refractivity contribution in [2.75, 3.05) is 18.5 Å². The van der Waals surface area contributed by atoms with Crippen molar-refractivity contribution in [2.24, 2.45) is 0 Å². The average molecular weight is 433 g/mol. The number of amides is 3. The zero-order valence-corrected chi connectivity index (χ0v) is 16.9. The monoisotopic (exact) mass is 432 g/mol. The summed E-state index contributed by atoms with van der Waals surface area (Å²) in [6, 6.07) is 11.7. The van der Waals surface area contributed by atoms with E-state index >= 15 is 0 Å². The Labute approximate surface area is 176 Å². The van der Waals surface area contributed by atoms with Gasteiger partial charge in [-0.05, 0) is 54.6 Å². The number of thioether (sulfide) groups is 1. The zero-order valence-electron chi connectivity index (χ0n) is 15.3. The van der Waals surface area contributed by atoms with E-state index in [1.54, 1.807) is 31.2 Å². The number of anilines is 1. The van der Waals surface area contributed by atoms with Gasteiger partial charge < -0.3 is 15.2 Å². The van der Waals surface area contributed by atoms with Crippen LogP contribution in [0, 0.1) is 0 Å². The van der Waals surface area contributed by atoms with Gasteiger partial charge in [-0.1, -0.05) is 29.8 Å². The number of hydrogen-bond donors (Lipinski definition) is 2. The zero-order chi connectivity index (χ0) is 21.0. The van der Waals surface area contributed by atoms with Crippen LogP contribution in [-0.4, -0.2) is 40.2 Å². The molecule has 29 heavy (non-hydrogen) atoms. The summed E-state index contributed by atoms with van der Waals surface area (Å²) in [7, 11) is 0. The summed E-state index contributed by atoms with van der Waals surface area (Å²) in [5.74, 6) is -1.08. The molecule has 0 atom stereocenters. The highest BCUT2D eigenvalue weighted by Gasteiger charge is 2.36. The number of carbonyl (C=O) groups is 3. The summed E-state index contributed by atoms with van der Waals surface area (Å²) >= 11 is 6.72. The number of para-hydroxylation sites is 1. The number of hydrogen-bond acceptors (Lipinski definition) is 6. The Kier molecular flexibility index (Phi) is 6.46. The molecule has 1 saturated heterocycles. The van der Waals surface area contributed by atoms with E-state index in [2.05, 4.69) is 5.32 Å². The van der Waals surface area contributed by atoms with E-state index in [9.17, 15) is 19.5 Å². The Bertz CT molecular complexity index is 994. The fourth-order valence-electron chi connectivity index (χ4n) is 2.60. The number of aromatic hydroxyl groups is 1. The summed E-state index contributed by atoms with van der Waals surface area (Å²) in [6.07, 6.45) is 1.47. The van der Waals surface area contributed by atoms with Crippen molar-refractivity contribution in [3.05, 3.63) is 58.0 Å². The largest absolute Gasteiger partial charge is 0.503 e. The average Bonchev–Trinajstić information content (AvgIpc) is 2.94. The Balaban J connectivity index is 1.75. The highest BCUT2D eigenvalue weighted by Crippen LogP contribution is 2.38. The van der Waals surface area contributed by atoms with Crippen LogP contribution in [0.4, 0.5) is 10.5 Å². The van der Waals surface area contributed by atoms with Gasteiger partial charge in [0.15, 0.2) is 11.5 Å². The number of phenolic OH excluding ortho intramolecular Hbond substituents is 1. The van der Waals surface area contributed by atoms with Gasteiger partial charge in [-0.2, -0.15) is 0 Å². The molecule has 0 spiro atoms. The maximum atomic E-state index is 12.6. The molecule has 0 aromatic heterocycles. The third-order valence-corrected chi connectivity index (χ3v) is 5.08. The first-order chi connectivity index (χ1) is 13.9. The molecule has 0 radical (unpaired) electrons. The number of phenols is 1. The van der Waals surface area contributed by atoms with E-state index in [1.807, 2.05) is 6.07 Å². The number of nitrogens with one attached hydrogen (secondary N) is 1. The summed E-state index contributed by atoms with van der Waals surface area (Å²) < 4.78 is 5.32. The first-order valence-electron chi connectivity index (χ1n) is 8.64. The summed E-state index contributed by atoms with van der Waals surface area (Å²) in [4.78, 5) is 38.0. The molecule has 2 aromatic carbocycles. The van der Waals surface area contributed by atoms with Gasteiger partial charge in [-0.3, -0.25) is 19.3 Å². The molecule has 1 fully saturated rings. The summed E-state index contributed by atoms with van der Waals surface area (Å²) in [6.45, 7) is 1.68. The Morgan fingerprint density at radius 1 is 1.28 bits per heavy atom. The molecular formula is C20H17ClN2O5S. The van der Waals surface area contributed by atoms with Crippen molar-refractivity contribution >= 4 is 52.2 Å². The van der Waals surface area contributed by atoms with Crippen molar-refractivity contribution in [3.8, 4) is 11.5 Å². The van der Waals surface area contributed by atoms with Crippen LogP contribution in [0.2, 0.25) is 5.02 Å². The van der Waals surface area contributed by atoms with Gasteiger partial charge in [-0.15, -0.1) is 0 Å². The SMILES string of the molecule is CCOc1cc(/C=C2\SC(=O)N(CC(=O)Nc3ccccc3)C2=O)cc(Cl)c1O. The molecule has 9 heteroatoms. The number of benzene rings is 2. The van der Waals surface area contributed by atoms with Crippen LogP contribution in [0.15, 0.2) is 47.4 Å². The normalized spacial score (nSPS) is 15.1. The fourth-order valence-corrected chi connectivity index (χ4v) is 3.65. The van der Waals surface area contributed by atoms with Crippen molar-refractivity contribution in [1.29, 1.82) is 0 Å². The fraction of sp³-hybridized carbons (Fsp3) is 0.150. The molecule has 1 aliphatic heterocycles. The molecule has 0 saturated carbocycles. The third kappa shape index (κ3) is 4.90. The lowest BCUT2D eigenvalue weighted by molar-refractivity contribution is -0.127. The number of rotatable bonds is 6. The van der Waals surface area contributed by atoms with Gasteiger partial charge in [0.25, 0.3) is 11.1 Å². The molecule has 1 aliphatic rings. The smallest absolute Gasteiger partial charge is 0.294 e. The van der Waals surface area contributed by atoms with Crippen LogP contribution in [0.25, 0.3) is 6.08 Å². The molecule has 0 aliphatic carbocycles. The Morgan fingerprint density at radius 2 is 2.00 bits per heavy atom. The molecule has 3 amide bonds. The second kappa shape index (κ2) is 9.02. The molecule has 150 valence electrons. The highest BCUT2D eigenvalue weighted by atomic mass is 35.5. The van der Waals surface area contributed by atoms with Gasteiger partial charge in [0, 0.05) is 5.69 Å². The molecule has 1 heterocycles. The summed E-state index contributed by atoms with van der Waals surface area (Å²) in [5, 5.41) is 12.1. The van der Waals surface area contributed by atoms with Crippen LogP contribution in [-0.2, 0) is 9.59 Å². The molecule has 7 nitrogen and oxygen atoms in total. The number of halogens is 1. The third-order valence-electron chi connectivity index (χ3n) is 3.88. The van der Waals surface area contributed by atoms with E-state index in [0.717, 1.165) is 16.7 Å². The molecule has 0 unspecified atom stereocenters. The van der Waals surface area contributed by atoms with Gasteiger partial charge >= 0.3 is 0 Å². The van der Waals surface area contributed by atoms with Gasteiger partial charge in [0.1, 0.15) is 6.54 Å². The maximum Gasteiger partial charge on any atom is 0.294 e. The number of imide groups is 1. The predicted molar refractivity (Wildman–Crippen MR) is 112 cm³/mol. The minimum absolute atomic E-state index is 0.0590. The van der Waals surface area contributed by atoms with E-state index in [-0.39, 0.29) is 21.4 Å². The minimum Gasteiger partial charge on any atom is -0.503 e. The van der Waals surface area contributed by atoms with E-state index in [4.69, 9.17) is 16.3 Å². The molecular weight excluding hydrogens is 416 g/mol. The van der Waals surface area contributed by atoms with E-state index in [1.165, 1.54) is 18.2 Å². The quantitative estimate of drug-likeness (QED) is 0.666. The molecule has 2 aromatic rings. The lowest BCUT2D eigenvalue weighted by atomic mass is 10.2. The van der Waals surface area contributed by atoms with E-state index in [0.29, 0.717) is 17.9 Å². The minimum atomic E-state index is -0.578. The summed E-state index contributed by atoms with van der Waals surface area (Å²) in [5.41, 5.74) is 1.05. The van der Waals surface area contributed by atoms with Crippen LogP contribution < -0.4 is 10.1 Å². The number of nitrogens with zero attached hydrogens (tertiary/aromatic N) is 1. The van der Waals surface area contributed by atoms with Crippen LogP contribution in [0.5, 0.6) is 11.5 Å². The Morgan fingerprint density at radius 3 is 2.69 bits per heavy atom. The van der Waals surface area contributed by atoms with Crippen LogP contribution in [0.3, 0.4) is 0 Å². The van der Waals surface area contributed by atoms with Gasteiger partial charge in [-0.25, -0.2) is 0 Å². The highest BCUT2D eigenvalue weighted by molar-refractivity contribution is 8.18. The molecule has 2 N–H and O–H groups in total. The lowest BCUT2D eigenvalue weighted by Gasteiger charge is -2.12. The van der Waals surface area contributed by atoms with Gasteiger partial charge in [0.05, 0.1) is 16.5 Å². The second-order valence-corrected chi connectivity index (χ2v) is 7.36. The first-order valence-corrected chi connectivity index (χ1v) is 9.84. The second-order valence-electron chi connectivity index (χ2n) is 5.96. The van der Waals surface area contributed by atoms with Crippen molar-refractivity contribution < 1.29 is 24.2 Å². The topological polar surface area (TPSA) is 95.9 Å². The number of carbonyl (C=O) groups excluding carboxylic acids is 3. The van der Waals surface area contributed by atoms with Crippen LogP contribution in [0.1, 0.15) is 12.5 Å². The molecule has 3 rings (SSSR count). The van der Waals surface area contributed by atoms with Crippen LogP contribution >= 0.6 is 23.4 Å². The number of ether oxygens (including phenoxy) is 1. The van der Waals surface area contributed by atoms with Crippen molar-refractivity contribution in [2.45, 2.75) is 6.92 Å². The molecule has 0 bridgehead atoms. The van der Waals surface area contributed by atoms with E-state index < -0.39 is 23.6 Å². The standard InChI is InChI=1S/C20H17ClN2O5S/c1-2-28-15-9-12(8-14(21)18(15)25)10-16-19(26)23(20(27)29-16)11-17(24)22-13-6-4-3-5-7-13/h3-10,25H,2,11H2,1H3,(H,22,24)/b16-10-. The maximum absolute atomic E-state index is 12.6. The van der Waals surface area contributed by atoms with Crippen molar-refractivity contribution in [1.82, 2.24) is 4.90 Å². The Hall–Kier alpha value is -2.97. The van der Waals surface area contributed by atoms with Gasteiger partial charge in [0.2, 0.25) is 5.91 Å². The van der Waals surface area contributed by atoms with Crippen molar-refractivity contribution in [3.63, 3.8) is 0 Å². The lowest BCUT2D eigenvalue weighted by Crippen LogP contribution is -2.36.